The van der Waals surface area contributed by atoms with Gasteiger partial charge in [-0.05, 0) is 29.2 Å². The number of benzene rings is 1. The predicted octanol–water partition coefficient (Wildman–Crippen LogP) is 2.51. The van der Waals surface area contributed by atoms with Crippen molar-refractivity contribution in [3.8, 4) is 11.5 Å². The molecule has 0 aliphatic carbocycles. The molecule has 0 atom stereocenters. The van der Waals surface area contributed by atoms with Gasteiger partial charge in [-0.3, -0.25) is 0 Å². The first-order valence-electron chi connectivity index (χ1n) is 7.37. The molecule has 25 heavy (non-hydrogen) atoms. The maximum atomic E-state index is 12.9. The molecular weight excluding hydrogens is 333 g/mol. The van der Waals surface area contributed by atoms with E-state index in [1.807, 2.05) is 0 Å². The zero-order valence-electron chi connectivity index (χ0n) is 13.3. The summed E-state index contributed by atoms with van der Waals surface area (Å²) in [5.74, 6) is 0.621. The Balaban J connectivity index is 1.54. The molecule has 9 nitrogen and oxygen atoms in total. The summed E-state index contributed by atoms with van der Waals surface area (Å²) in [7, 11) is 0. The van der Waals surface area contributed by atoms with E-state index < -0.39 is 4.92 Å². The summed E-state index contributed by atoms with van der Waals surface area (Å²) < 4.78 is 25.2. The minimum absolute atomic E-state index is 0.0652. The summed E-state index contributed by atoms with van der Waals surface area (Å²) in [4.78, 5) is 14.3. The molecule has 0 spiro atoms. The van der Waals surface area contributed by atoms with Gasteiger partial charge in [0.25, 0.3) is 0 Å². The zero-order chi connectivity index (χ0) is 17.8. The van der Waals surface area contributed by atoms with Gasteiger partial charge in [-0.25, -0.2) is 13.9 Å². The van der Waals surface area contributed by atoms with E-state index in [9.17, 15) is 14.5 Å². The van der Waals surface area contributed by atoms with E-state index >= 15 is 0 Å². The maximum Gasteiger partial charge on any atom is 0.342 e. The highest BCUT2D eigenvalue weighted by Crippen LogP contribution is 2.18. The first-order valence-corrected chi connectivity index (χ1v) is 7.37. The van der Waals surface area contributed by atoms with Crippen LogP contribution in [0.1, 0.15) is 11.7 Å². The Morgan fingerprint density at radius 2 is 2.08 bits per heavy atom. The number of hydrogen-bond donors (Lipinski definition) is 0. The molecule has 0 N–H and O–H groups in total. The quantitative estimate of drug-likeness (QED) is 0.367. The number of aryl methyl sites for hydroxylation is 1. The van der Waals surface area contributed by atoms with Crippen LogP contribution in [0, 0.1) is 22.9 Å². The summed E-state index contributed by atoms with van der Waals surface area (Å²) in [5, 5.41) is 18.6. The molecule has 0 aliphatic heterocycles. The van der Waals surface area contributed by atoms with Crippen LogP contribution in [0.25, 0.3) is 11.5 Å². The third-order valence-electron chi connectivity index (χ3n) is 3.46. The van der Waals surface area contributed by atoms with Gasteiger partial charge in [-0.15, -0.1) is 10.2 Å². The molecule has 0 amide bonds. The molecule has 130 valence electrons. The summed E-state index contributed by atoms with van der Waals surface area (Å²) in [6, 6.07) is 5.68. The van der Waals surface area contributed by atoms with Crippen LogP contribution in [0.15, 0.2) is 34.9 Å². The van der Waals surface area contributed by atoms with Gasteiger partial charge < -0.3 is 19.3 Å². The Morgan fingerprint density at radius 1 is 1.32 bits per heavy atom. The fourth-order valence-electron chi connectivity index (χ4n) is 2.21. The van der Waals surface area contributed by atoms with Gasteiger partial charge in [0.1, 0.15) is 25.2 Å². The predicted molar refractivity (Wildman–Crippen MR) is 83.0 cm³/mol. The van der Waals surface area contributed by atoms with Crippen molar-refractivity contribution in [3.63, 3.8) is 0 Å². The average Bonchev–Trinajstić information content (AvgIpc) is 3.19. The van der Waals surface area contributed by atoms with Crippen molar-refractivity contribution in [3.05, 3.63) is 58.1 Å². The second kappa shape index (κ2) is 7.18. The van der Waals surface area contributed by atoms with E-state index in [0.29, 0.717) is 11.4 Å². The molecule has 0 unspecified atom stereocenters. The highest BCUT2D eigenvalue weighted by atomic mass is 19.1. The maximum absolute atomic E-state index is 12.9. The topological polar surface area (TPSA) is 109 Å². The molecule has 0 fully saturated rings. The van der Waals surface area contributed by atoms with Crippen LogP contribution in [0.5, 0.6) is 0 Å². The third kappa shape index (κ3) is 3.86. The van der Waals surface area contributed by atoms with Crippen molar-refractivity contribution in [1.82, 2.24) is 19.7 Å². The first kappa shape index (κ1) is 16.7. The van der Waals surface area contributed by atoms with Gasteiger partial charge >= 0.3 is 5.82 Å². The lowest BCUT2D eigenvalue weighted by Crippen LogP contribution is -2.10. The summed E-state index contributed by atoms with van der Waals surface area (Å²) >= 11 is 0. The normalized spacial score (nSPS) is 11.0. The van der Waals surface area contributed by atoms with Crippen molar-refractivity contribution in [2.75, 3.05) is 6.61 Å². The number of hydrogen-bond acceptors (Lipinski definition) is 7. The summed E-state index contributed by atoms with van der Waals surface area (Å²) in [6.07, 6.45) is 1.21. The van der Waals surface area contributed by atoms with Crippen molar-refractivity contribution in [2.24, 2.45) is 0 Å². The van der Waals surface area contributed by atoms with Gasteiger partial charge in [0.05, 0.1) is 6.61 Å². The summed E-state index contributed by atoms with van der Waals surface area (Å²) in [6.45, 7) is 2.24. The molecule has 0 aliphatic rings. The van der Waals surface area contributed by atoms with Gasteiger partial charge in [0.15, 0.2) is 5.82 Å². The lowest BCUT2D eigenvalue weighted by atomic mass is 10.2. The molecule has 10 heteroatoms. The fraction of sp³-hybridized carbons (Fsp3) is 0.267. The second-order valence-corrected chi connectivity index (χ2v) is 5.13. The molecule has 0 radical (unpaired) electrons. The van der Waals surface area contributed by atoms with E-state index in [1.54, 1.807) is 6.92 Å². The Morgan fingerprint density at radius 3 is 2.80 bits per heavy atom. The lowest BCUT2D eigenvalue weighted by molar-refractivity contribution is -0.392. The zero-order valence-corrected chi connectivity index (χ0v) is 13.3. The first-order chi connectivity index (χ1) is 12.0. The van der Waals surface area contributed by atoms with Gasteiger partial charge in [-0.2, -0.15) is 0 Å². The van der Waals surface area contributed by atoms with E-state index in [4.69, 9.17) is 9.15 Å². The SMILES string of the molecule is Cc1ncc([N+](=O)[O-])n1CCOCc1nnc(-c2ccc(F)cc2)o1. The molecule has 2 heterocycles. The van der Waals surface area contributed by atoms with E-state index in [2.05, 4.69) is 15.2 Å². The molecule has 0 saturated carbocycles. The number of aromatic nitrogens is 4. The minimum atomic E-state index is -0.493. The van der Waals surface area contributed by atoms with Crippen LogP contribution in [0.3, 0.4) is 0 Å². The van der Waals surface area contributed by atoms with Crippen molar-refractivity contribution in [2.45, 2.75) is 20.1 Å². The smallest absolute Gasteiger partial charge is 0.342 e. The minimum Gasteiger partial charge on any atom is -0.418 e. The molecule has 3 aromatic rings. The Labute approximate surface area is 141 Å². The lowest BCUT2D eigenvalue weighted by Gasteiger charge is -2.03. The largest absolute Gasteiger partial charge is 0.418 e. The van der Waals surface area contributed by atoms with Crippen molar-refractivity contribution in [1.29, 1.82) is 0 Å². The van der Waals surface area contributed by atoms with E-state index in [-0.39, 0.29) is 43.2 Å². The Bertz CT molecular complexity index is 874. The number of halogens is 1. The van der Waals surface area contributed by atoms with Crippen LogP contribution >= 0.6 is 0 Å². The number of nitrogens with zero attached hydrogens (tertiary/aromatic N) is 5. The molecule has 3 rings (SSSR count). The van der Waals surface area contributed by atoms with Crippen molar-refractivity contribution >= 4 is 5.82 Å². The van der Waals surface area contributed by atoms with E-state index in [0.717, 1.165) is 0 Å². The Hall–Kier alpha value is -3.14. The van der Waals surface area contributed by atoms with Crippen LogP contribution in [-0.2, 0) is 17.9 Å². The average molecular weight is 347 g/mol. The van der Waals surface area contributed by atoms with Crippen LogP contribution in [0.2, 0.25) is 0 Å². The molecule has 2 aromatic heterocycles. The van der Waals surface area contributed by atoms with Gasteiger partial charge in [0.2, 0.25) is 11.8 Å². The standard InChI is InChI=1S/C15H14FN5O4/c1-10-17-8-14(21(22)23)20(10)6-7-24-9-13-18-19-15(25-13)11-2-4-12(16)5-3-11/h2-5,8H,6-7,9H2,1H3. The molecule has 0 bridgehead atoms. The van der Waals surface area contributed by atoms with E-state index in [1.165, 1.54) is 35.0 Å². The van der Waals surface area contributed by atoms with Crippen molar-refractivity contribution < 1.29 is 18.5 Å². The van der Waals surface area contributed by atoms with Crippen LogP contribution in [-0.4, -0.2) is 31.3 Å². The highest BCUT2D eigenvalue weighted by molar-refractivity contribution is 5.51. The third-order valence-corrected chi connectivity index (χ3v) is 3.46. The second-order valence-electron chi connectivity index (χ2n) is 5.13. The number of rotatable bonds is 7. The van der Waals surface area contributed by atoms with Crippen LogP contribution < -0.4 is 0 Å². The number of imidazole rings is 1. The Kier molecular flexibility index (Phi) is 4.80. The molecular formula is C15H14FN5O4. The highest BCUT2D eigenvalue weighted by Gasteiger charge is 2.17. The molecule has 0 saturated heterocycles. The van der Waals surface area contributed by atoms with Crippen LogP contribution in [0.4, 0.5) is 10.2 Å². The summed E-state index contributed by atoms with van der Waals surface area (Å²) in [5.41, 5.74) is 0.602. The number of nitro groups is 1. The van der Waals surface area contributed by atoms with Gasteiger partial charge in [0, 0.05) is 12.5 Å². The van der Waals surface area contributed by atoms with Gasteiger partial charge in [-0.1, -0.05) is 0 Å². The fourth-order valence-corrected chi connectivity index (χ4v) is 2.21. The monoisotopic (exact) mass is 347 g/mol. The number of ether oxygens (including phenoxy) is 1. The molecule has 1 aromatic carbocycles.